The second kappa shape index (κ2) is 2.70. The van der Waals surface area contributed by atoms with Crippen molar-refractivity contribution in [1.29, 1.82) is 0 Å². The molecule has 0 bridgehead atoms. The van der Waals surface area contributed by atoms with E-state index in [-0.39, 0.29) is 0 Å². The molecule has 1 amide bonds. The standard InChI is InChI=1S/C9H7NO2/c11-9-10-8-4-2-1-3-7(8)5-6-12-9/h1-6H,(H,10,11). The zero-order valence-electron chi connectivity index (χ0n) is 6.28. The molecule has 0 fully saturated rings. The molecule has 0 atom stereocenters. The van der Waals surface area contributed by atoms with E-state index in [2.05, 4.69) is 10.1 Å². The number of amides is 1. The first-order valence-corrected chi connectivity index (χ1v) is 3.59. The van der Waals surface area contributed by atoms with Crippen molar-refractivity contribution in [2.24, 2.45) is 0 Å². The second-order valence-corrected chi connectivity index (χ2v) is 2.42. The van der Waals surface area contributed by atoms with Crippen LogP contribution in [0.15, 0.2) is 30.5 Å². The van der Waals surface area contributed by atoms with Crippen LogP contribution in [0.3, 0.4) is 0 Å². The van der Waals surface area contributed by atoms with E-state index in [9.17, 15) is 4.79 Å². The fourth-order valence-corrected chi connectivity index (χ4v) is 1.06. The molecule has 1 aromatic rings. The van der Waals surface area contributed by atoms with Crippen molar-refractivity contribution in [2.45, 2.75) is 0 Å². The van der Waals surface area contributed by atoms with E-state index in [0.717, 1.165) is 11.3 Å². The summed E-state index contributed by atoms with van der Waals surface area (Å²) in [5, 5.41) is 2.60. The third-order valence-electron chi connectivity index (χ3n) is 1.62. The van der Waals surface area contributed by atoms with Gasteiger partial charge in [0.1, 0.15) is 0 Å². The number of anilines is 1. The van der Waals surface area contributed by atoms with Gasteiger partial charge in [0.15, 0.2) is 0 Å². The molecule has 1 heterocycles. The number of carbonyl (C=O) groups excluding carboxylic acids is 1. The minimum absolute atomic E-state index is 0.448. The molecule has 0 spiro atoms. The Morgan fingerprint density at radius 3 is 3.00 bits per heavy atom. The van der Waals surface area contributed by atoms with E-state index in [0.29, 0.717) is 0 Å². The Kier molecular flexibility index (Phi) is 1.55. The topological polar surface area (TPSA) is 38.3 Å². The summed E-state index contributed by atoms with van der Waals surface area (Å²) in [5.41, 5.74) is 1.72. The lowest BCUT2D eigenvalue weighted by atomic mass is 10.2. The van der Waals surface area contributed by atoms with Gasteiger partial charge in [0.25, 0.3) is 0 Å². The van der Waals surface area contributed by atoms with Crippen molar-refractivity contribution in [1.82, 2.24) is 0 Å². The summed E-state index contributed by atoms with van der Waals surface area (Å²) >= 11 is 0. The number of hydrogen-bond acceptors (Lipinski definition) is 2. The molecule has 2 rings (SSSR count). The molecular weight excluding hydrogens is 154 g/mol. The molecule has 3 heteroatoms. The molecule has 0 aliphatic carbocycles. The highest BCUT2D eigenvalue weighted by molar-refractivity contribution is 5.89. The molecule has 1 N–H and O–H groups in total. The van der Waals surface area contributed by atoms with E-state index < -0.39 is 6.09 Å². The lowest BCUT2D eigenvalue weighted by Gasteiger charge is -2.02. The van der Waals surface area contributed by atoms with Crippen LogP contribution in [-0.2, 0) is 4.74 Å². The SMILES string of the molecule is O=C1Nc2ccccc2C=CO1. The van der Waals surface area contributed by atoms with Gasteiger partial charge in [0, 0.05) is 5.56 Å². The maximum atomic E-state index is 10.9. The van der Waals surface area contributed by atoms with Crippen LogP contribution >= 0.6 is 0 Å². The zero-order chi connectivity index (χ0) is 8.39. The molecule has 0 saturated carbocycles. The largest absolute Gasteiger partial charge is 0.418 e. The lowest BCUT2D eigenvalue weighted by Crippen LogP contribution is -2.09. The van der Waals surface area contributed by atoms with Gasteiger partial charge in [-0.1, -0.05) is 18.2 Å². The van der Waals surface area contributed by atoms with Crippen LogP contribution in [0.5, 0.6) is 0 Å². The number of cyclic esters (lactones) is 1. The molecule has 0 aromatic heterocycles. The smallest absolute Gasteiger partial charge is 0.416 e. The fraction of sp³-hybridized carbons (Fsp3) is 0. The first-order valence-electron chi connectivity index (χ1n) is 3.59. The van der Waals surface area contributed by atoms with Crippen molar-refractivity contribution >= 4 is 17.9 Å². The zero-order valence-corrected chi connectivity index (χ0v) is 6.28. The number of nitrogens with one attached hydrogen (secondary N) is 1. The number of para-hydroxylation sites is 1. The van der Waals surface area contributed by atoms with Gasteiger partial charge in [0.2, 0.25) is 0 Å². The molecule has 60 valence electrons. The van der Waals surface area contributed by atoms with Gasteiger partial charge in [-0.25, -0.2) is 4.79 Å². The summed E-state index contributed by atoms with van der Waals surface area (Å²) in [6.07, 6.45) is 2.67. The van der Waals surface area contributed by atoms with E-state index in [1.807, 2.05) is 24.3 Å². The van der Waals surface area contributed by atoms with Crippen molar-refractivity contribution in [2.75, 3.05) is 5.32 Å². The molecule has 1 aromatic carbocycles. The van der Waals surface area contributed by atoms with Crippen molar-refractivity contribution in [3.8, 4) is 0 Å². The van der Waals surface area contributed by atoms with Crippen LogP contribution in [0.4, 0.5) is 10.5 Å². The van der Waals surface area contributed by atoms with Gasteiger partial charge in [-0.05, 0) is 12.1 Å². The van der Waals surface area contributed by atoms with Gasteiger partial charge in [-0.15, -0.1) is 0 Å². The minimum atomic E-state index is -0.448. The Bertz CT molecular complexity index is 344. The minimum Gasteiger partial charge on any atom is -0.418 e. The highest BCUT2D eigenvalue weighted by Crippen LogP contribution is 2.18. The quantitative estimate of drug-likeness (QED) is 0.633. The van der Waals surface area contributed by atoms with Crippen LogP contribution < -0.4 is 5.32 Å². The van der Waals surface area contributed by atoms with Gasteiger partial charge >= 0.3 is 6.09 Å². The molecule has 3 nitrogen and oxygen atoms in total. The average Bonchev–Trinajstić information content (AvgIpc) is 2.25. The first-order chi connectivity index (χ1) is 5.86. The van der Waals surface area contributed by atoms with Crippen LogP contribution in [0.2, 0.25) is 0 Å². The Morgan fingerprint density at radius 1 is 1.25 bits per heavy atom. The monoisotopic (exact) mass is 161 g/mol. The highest BCUT2D eigenvalue weighted by Gasteiger charge is 2.07. The van der Waals surface area contributed by atoms with Crippen molar-refractivity contribution in [3.05, 3.63) is 36.1 Å². The van der Waals surface area contributed by atoms with E-state index in [4.69, 9.17) is 0 Å². The normalized spacial score (nSPS) is 14.2. The number of hydrogen-bond donors (Lipinski definition) is 1. The second-order valence-electron chi connectivity index (χ2n) is 2.42. The number of benzene rings is 1. The number of fused-ring (bicyclic) bond motifs is 1. The van der Waals surface area contributed by atoms with Gasteiger partial charge in [-0.3, -0.25) is 5.32 Å². The van der Waals surface area contributed by atoms with Crippen LogP contribution in [-0.4, -0.2) is 6.09 Å². The molecule has 1 aliphatic rings. The predicted octanol–water partition coefficient (Wildman–Crippen LogP) is 2.22. The van der Waals surface area contributed by atoms with Crippen molar-refractivity contribution < 1.29 is 9.53 Å². The van der Waals surface area contributed by atoms with Crippen LogP contribution in [0.25, 0.3) is 6.08 Å². The Labute approximate surface area is 69.7 Å². The lowest BCUT2D eigenvalue weighted by molar-refractivity contribution is 0.202. The molecule has 0 unspecified atom stereocenters. The molecule has 1 aliphatic heterocycles. The molecular formula is C9H7NO2. The maximum Gasteiger partial charge on any atom is 0.416 e. The Balaban J connectivity index is 2.48. The number of ether oxygens (including phenoxy) is 1. The molecule has 0 radical (unpaired) electrons. The fourth-order valence-electron chi connectivity index (χ4n) is 1.06. The van der Waals surface area contributed by atoms with Gasteiger partial charge in [-0.2, -0.15) is 0 Å². The van der Waals surface area contributed by atoms with E-state index >= 15 is 0 Å². The summed E-state index contributed by atoms with van der Waals surface area (Å²) in [6, 6.07) is 7.49. The first kappa shape index (κ1) is 6.91. The van der Waals surface area contributed by atoms with Gasteiger partial charge in [0.05, 0.1) is 11.9 Å². The Hall–Kier alpha value is -1.77. The third-order valence-corrected chi connectivity index (χ3v) is 1.62. The van der Waals surface area contributed by atoms with Crippen LogP contribution in [0, 0.1) is 0 Å². The number of rotatable bonds is 0. The van der Waals surface area contributed by atoms with Crippen molar-refractivity contribution in [3.63, 3.8) is 0 Å². The third kappa shape index (κ3) is 1.16. The maximum absolute atomic E-state index is 10.9. The molecule has 0 saturated heterocycles. The van der Waals surface area contributed by atoms with E-state index in [1.165, 1.54) is 6.26 Å². The van der Waals surface area contributed by atoms with Gasteiger partial charge < -0.3 is 4.74 Å². The molecule has 12 heavy (non-hydrogen) atoms. The van der Waals surface area contributed by atoms with Crippen LogP contribution in [0.1, 0.15) is 5.56 Å². The summed E-state index contributed by atoms with van der Waals surface area (Å²) in [7, 11) is 0. The highest BCUT2D eigenvalue weighted by atomic mass is 16.5. The average molecular weight is 161 g/mol. The number of carbonyl (C=O) groups is 1. The summed E-state index contributed by atoms with van der Waals surface area (Å²) in [4.78, 5) is 10.9. The Morgan fingerprint density at radius 2 is 2.08 bits per heavy atom. The van der Waals surface area contributed by atoms with E-state index in [1.54, 1.807) is 6.08 Å². The summed E-state index contributed by atoms with van der Waals surface area (Å²) in [6.45, 7) is 0. The predicted molar refractivity (Wildman–Crippen MR) is 45.6 cm³/mol. The summed E-state index contributed by atoms with van der Waals surface area (Å²) in [5.74, 6) is 0. The summed E-state index contributed by atoms with van der Waals surface area (Å²) < 4.78 is 4.65.